The molecular weight excluding hydrogens is 254 g/mol. The van der Waals surface area contributed by atoms with E-state index in [4.69, 9.17) is 12.2 Å². The minimum atomic E-state index is 0.880. The normalized spacial score (nSPS) is 10.6. The van der Waals surface area contributed by atoms with Crippen molar-refractivity contribution in [2.75, 3.05) is 6.26 Å². The third kappa shape index (κ3) is 2.39. The summed E-state index contributed by atoms with van der Waals surface area (Å²) in [5, 5.41) is 2.12. The maximum Gasteiger partial charge on any atom is 0.161 e. The Hall–Kier alpha value is -0.580. The highest BCUT2D eigenvalue weighted by Crippen LogP contribution is 2.22. The Morgan fingerprint density at radius 3 is 2.75 bits per heavy atom. The van der Waals surface area contributed by atoms with Gasteiger partial charge < -0.3 is 4.57 Å². The number of aryl methyl sites for hydroxylation is 1. The molecule has 0 atom stereocenters. The van der Waals surface area contributed by atoms with E-state index in [1.165, 1.54) is 16.2 Å². The fourth-order valence-corrected chi connectivity index (χ4v) is 3.30. The van der Waals surface area contributed by atoms with Crippen LogP contribution in [0.25, 0.3) is 0 Å². The van der Waals surface area contributed by atoms with E-state index in [0.717, 1.165) is 10.5 Å². The standard InChI is InChI=1S/C12H13NS3/c1-9-8-16-12(14)13(9)7-10-5-3-4-6-11(10)15-2/h3-6,8H,7H2,1-2H3. The van der Waals surface area contributed by atoms with Crippen molar-refractivity contribution in [1.29, 1.82) is 0 Å². The van der Waals surface area contributed by atoms with Crippen molar-refractivity contribution >= 4 is 35.3 Å². The first-order valence-corrected chi connectivity index (χ1v) is 7.50. The van der Waals surface area contributed by atoms with Gasteiger partial charge in [-0.15, -0.1) is 23.1 Å². The van der Waals surface area contributed by atoms with Crippen molar-refractivity contribution in [3.8, 4) is 0 Å². The van der Waals surface area contributed by atoms with Crippen molar-refractivity contribution in [1.82, 2.24) is 4.57 Å². The lowest BCUT2D eigenvalue weighted by atomic mass is 10.2. The van der Waals surface area contributed by atoms with Crippen LogP contribution >= 0.6 is 35.3 Å². The van der Waals surface area contributed by atoms with E-state index in [1.807, 2.05) is 0 Å². The summed E-state index contributed by atoms with van der Waals surface area (Å²) >= 11 is 8.75. The highest BCUT2D eigenvalue weighted by atomic mass is 32.2. The van der Waals surface area contributed by atoms with Gasteiger partial charge >= 0.3 is 0 Å². The zero-order valence-corrected chi connectivity index (χ0v) is 11.7. The van der Waals surface area contributed by atoms with Gasteiger partial charge in [0.1, 0.15) is 0 Å². The molecule has 0 amide bonds. The molecule has 0 radical (unpaired) electrons. The quantitative estimate of drug-likeness (QED) is 0.601. The van der Waals surface area contributed by atoms with Crippen LogP contribution in [-0.2, 0) is 6.54 Å². The SMILES string of the molecule is CSc1ccccc1Cn1c(C)csc1=S. The Bertz CT molecular complexity index is 539. The second-order valence-electron chi connectivity index (χ2n) is 3.54. The summed E-state index contributed by atoms with van der Waals surface area (Å²) in [4.78, 5) is 1.33. The van der Waals surface area contributed by atoms with E-state index < -0.39 is 0 Å². The lowest BCUT2D eigenvalue weighted by molar-refractivity contribution is 0.759. The number of benzene rings is 1. The molecule has 0 unspecified atom stereocenters. The van der Waals surface area contributed by atoms with Gasteiger partial charge in [0.25, 0.3) is 0 Å². The number of hydrogen-bond acceptors (Lipinski definition) is 3. The predicted molar refractivity (Wildman–Crippen MR) is 75.2 cm³/mol. The molecule has 0 bridgehead atoms. The Balaban J connectivity index is 2.37. The number of thiazole rings is 1. The van der Waals surface area contributed by atoms with E-state index in [1.54, 1.807) is 23.1 Å². The highest BCUT2D eigenvalue weighted by Gasteiger charge is 2.04. The Morgan fingerprint density at radius 2 is 2.12 bits per heavy atom. The minimum absolute atomic E-state index is 0.880. The molecule has 0 saturated carbocycles. The second-order valence-corrected chi connectivity index (χ2v) is 5.89. The average Bonchev–Trinajstić information content (AvgIpc) is 2.61. The molecule has 84 valence electrons. The first-order chi connectivity index (χ1) is 7.72. The second kappa shape index (κ2) is 5.17. The van der Waals surface area contributed by atoms with Crippen LogP contribution in [0.2, 0.25) is 0 Å². The van der Waals surface area contributed by atoms with Gasteiger partial charge in [0.05, 0.1) is 6.54 Å². The van der Waals surface area contributed by atoms with Crippen molar-refractivity contribution < 1.29 is 0 Å². The Labute approximate surface area is 109 Å². The fourth-order valence-electron chi connectivity index (χ4n) is 1.60. The summed E-state index contributed by atoms with van der Waals surface area (Å²) in [6, 6.07) is 8.49. The summed E-state index contributed by atoms with van der Waals surface area (Å²) in [5.74, 6) is 0. The first-order valence-electron chi connectivity index (χ1n) is 4.99. The van der Waals surface area contributed by atoms with Gasteiger partial charge in [0, 0.05) is 16.0 Å². The third-order valence-electron chi connectivity index (χ3n) is 2.50. The molecule has 1 nitrogen and oxygen atoms in total. The van der Waals surface area contributed by atoms with E-state index >= 15 is 0 Å². The summed E-state index contributed by atoms with van der Waals surface area (Å²) in [5.41, 5.74) is 2.58. The largest absolute Gasteiger partial charge is 0.323 e. The van der Waals surface area contributed by atoms with Gasteiger partial charge in [-0.2, -0.15) is 0 Å². The maximum absolute atomic E-state index is 5.33. The molecule has 1 aromatic carbocycles. The molecule has 0 aliphatic rings. The van der Waals surface area contributed by atoms with Crippen LogP contribution in [0.15, 0.2) is 34.5 Å². The number of aromatic nitrogens is 1. The molecule has 16 heavy (non-hydrogen) atoms. The van der Waals surface area contributed by atoms with Gasteiger partial charge in [-0.1, -0.05) is 18.2 Å². The number of rotatable bonds is 3. The molecular formula is C12H13NS3. The zero-order chi connectivity index (χ0) is 11.5. The lowest BCUT2D eigenvalue weighted by Crippen LogP contribution is -2.02. The smallest absolute Gasteiger partial charge is 0.161 e. The van der Waals surface area contributed by atoms with Crippen LogP contribution in [0.1, 0.15) is 11.3 Å². The molecule has 2 rings (SSSR count). The predicted octanol–water partition coefficient (Wildman–Crippen LogP) is 4.36. The molecule has 0 aliphatic heterocycles. The monoisotopic (exact) mass is 267 g/mol. The van der Waals surface area contributed by atoms with E-state index in [2.05, 4.69) is 47.4 Å². The van der Waals surface area contributed by atoms with Crippen molar-refractivity contribution in [3.63, 3.8) is 0 Å². The molecule has 1 heterocycles. The number of thioether (sulfide) groups is 1. The van der Waals surface area contributed by atoms with Gasteiger partial charge in [0.2, 0.25) is 0 Å². The van der Waals surface area contributed by atoms with E-state index in [9.17, 15) is 0 Å². The Morgan fingerprint density at radius 1 is 1.38 bits per heavy atom. The topological polar surface area (TPSA) is 4.93 Å². The molecule has 0 spiro atoms. The third-order valence-corrected chi connectivity index (χ3v) is 4.73. The summed E-state index contributed by atoms with van der Waals surface area (Å²) < 4.78 is 3.14. The number of hydrogen-bond donors (Lipinski definition) is 0. The van der Waals surface area contributed by atoms with Crippen LogP contribution in [0.4, 0.5) is 0 Å². The van der Waals surface area contributed by atoms with Crippen LogP contribution in [-0.4, -0.2) is 10.8 Å². The van der Waals surface area contributed by atoms with Gasteiger partial charge in [-0.05, 0) is 37.0 Å². The minimum Gasteiger partial charge on any atom is -0.323 e. The summed E-state index contributed by atoms with van der Waals surface area (Å²) in [7, 11) is 0. The van der Waals surface area contributed by atoms with Crippen LogP contribution in [0, 0.1) is 10.9 Å². The molecule has 0 N–H and O–H groups in total. The zero-order valence-electron chi connectivity index (χ0n) is 9.27. The lowest BCUT2D eigenvalue weighted by Gasteiger charge is -2.09. The first kappa shape index (κ1) is 11.9. The van der Waals surface area contributed by atoms with Crippen molar-refractivity contribution in [2.24, 2.45) is 0 Å². The van der Waals surface area contributed by atoms with E-state index in [0.29, 0.717) is 0 Å². The highest BCUT2D eigenvalue weighted by molar-refractivity contribution is 7.98. The maximum atomic E-state index is 5.33. The Kier molecular flexibility index (Phi) is 3.84. The summed E-state index contributed by atoms with van der Waals surface area (Å²) in [6.07, 6.45) is 2.11. The fraction of sp³-hybridized carbons (Fsp3) is 0.250. The van der Waals surface area contributed by atoms with Crippen LogP contribution in [0.3, 0.4) is 0 Å². The molecule has 0 fully saturated rings. The average molecular weight is 267 g/mol. The van der Waals surface area contributed by atoms with Crippen LogP contribution in [0.5, 0.6) is 0 Å². The molecule has 0 saturated heterocycles. The molecule has 4 heteroatoms. The van der Waals surface area contributed by atoms with Gasteiger partial charge in [-0.25, -0.2) is 0 Å². The van der Waals surface area contributed by atoms with Crippen molar-refractivity contribution in [3.05, 3.63) is 44.9 Å². The van der Waals surface area contributed by atoms with E-state index in [-0.39, 0.29) is 0 Å². The number of nitrogens with zero attached hydrogens (tertiary/aromatic N) is 1. The summed E-state index contributed by atoms with van der Waals surface area (Å²) in [6.45, 7) is 2.99. The van der Waals surface area contributed by atoms with Gasteiger partial charge in [-0.3, -0.25) is 0 Å². The molecule has 1 aromatic heterocycles. The van der Waals surface area contributed by atoms with Crippen molar-refractivity contribution in [2.45, 2.75) is 18.4 Å². The van der Waals surface area contributed by atoms with Gasteiger partial charge in [0.15, 0.2) is 3.95 Å². The van der Waals surface area contributed by atoms with Crippen LogP contribution < -0.4 is 0 Å². The molecule has 2 aromatic rings. The molecule has 0 aliphatic carbocycles.